The zero-order chi connectivity index (χ0) is 15.2. The maximum Gasteiger partial charge on any atom is 0.340 e. The second kappa shape index (κ2) is 7.50. The van der Waals surface area contributed by atoms with Crippen LogP contribution in [-0.2, 0) is 21.2 Å². The van der Waals surface area contributed by atoms with E-state index >= 15 is 0 Å². The number of aryl methyl sites for hydroxylation is 1. The number of carbonyl (C=O) groups is 1. The Balaban J connectivity index is 3.08. The van der Waals surface area contributed by atoms with Gasteiger partial charge in [-0.05, 0) is 30.5 Å². The Labute approximate surface area is 124 Å². The molecule has 0 aliphatic heterocycles. The van der Waals surface area contributed by atoms with Crippen molar-refractivity contribution in [2.75, 3.05) is 23.5 Å². The number of halogens is 1. The Kier molecular flexibility index (Phi) is 6.29. The molecule has 0 unspecified atom stereocenters. The van der Waals surface area contributed by atoms with Crippen LogP contribution in [0.15, 0.2) is 18.2 Å². The summed E-state index contributed by atoms with van der Waals surface area (Å²) in [4.78, 5) is 11.7. The molecule has 1 rings (SSSR count). The van der Waals surface area contributed by atoms with Gasteiger partial charge >= 0.3 is 5.97 Å². The quantitative estimate of drug-likeness (QED) is 0.618. The third kappa shape index (κ3) is 4.68. The minimum Gasteiger partial charge on any atom is -0.465 e. The van der Waals surface area contributed by atoms with Crippen molar-refractivity contribution in [1.82, 2.24) is 0 Å². The number of sulfonamides is 1. The number of methoxy groups -OCH3 is 1. The van der Waals surface area contributed by atoms with E-state index in [-0.39, 0.29) is 22.9 Å². The minimum atomic E-state index is -3.52. The first-order valence-electron chi connectivity index (χ1n) is 6.21. The van der Waals surface area contributed by atoms with E-state index in [0.29, 0.717) is 6.42 Å². The van der Waals surface area contributed by atoms with Crippen molar-refractivity contribution in [2.45, 2.75) is 19.8 Å². The Morgan fingerprint density at radius 1 is 1.40 bits per heavy atom. The monoisotopic (exact) mass is 319 g/mol. The van der Waals surface area contributed by atoms with Gasteiger partial charge in [0.15, 0.2) is 0 Å². The van der Waals surface area contributed by atoms with Gasteiger partial charge in [-0.1, -0.05) is 13.0 Å². The first kappa shape index (κ1) is 16.8. The molecule has 0 heterocycles. The maximum atomic E-state index is 11.9. The Bertz CT molecular complexity index is 572. The highest BCUT2D eigenvalue weighted by Crippen LogP contribution is 2.20. The van der Waals surface area contributed by atoms with Crippen LogP contribution in [-0.4, -0.2) is 33.1 Å². The van der Waals surface area contributed by atoms with Crippen molar-refractivity contribution in [3.8, 4) is 0 Å². The van der Waals surface area contributed by atoms with Gasteiger partial charge in [0.25, 0.3) is 0 Å². The molecule has 0 fully saturated rings. The largest absolute Gasteiger partial charge is 0.465 e. The van der Waals surface area contributed by atoms with Crippen LogP contribution in [0.4, 0.5) is 5.69 Å². The van der Waals surface area contributed by atoms with Crippen molar-refractivity contribution in [1.29, 1.82) is 0 Å². The molecule has 0 saturated heterocycles. The molecule has 0 aliphatic rings. The molecule has 20 heavy (non-hydrogen) atoms. The summed E-state index contributed by atoms with van der Waals surface area (Å²) in [7, 11) is -2.27. The summed E-state index contributed by atoms with van der Waals surface area (Å²) in [6.45, 7) is 1.95. The normalized spacial score (nSPS) is 11.2. The number of benzene rings is 1. The zero-order valence-corrected chi connectivity index (χ0v) is 13.1. The summed E-state index contributed by atoms with van der Waals surface area (Å²) in [5.74, 6) is -0.401. The van der Waals surface area contributed by atoms with Crippen LogP contribution >= 0.6 is 11.6 Å². The highest BCUT2D eigenvalue weighted by atomic mass is 35.5. The number of anilines is 1. The van der Waals surface area contributed by atoms with Gasteiger partial charge < -0.3 is 4.74 Å². The lowest BCUT2D eigenvalue weighted by molar-refractivity contribution is 0.0602. The maximum absolute atomic E-state index is 11.9. The van der Waals surface area contributed by atoms with Gasteiger partial charge in [0.2, 0.25) is 10.0 Å². The van der Waals surface area contributed by atoms with E-state index in [0.717, 1.165) is 12.0 Å². The molecule has 5 nitrogen and oxygen atoms in total. The fraction of sp³-hybridized carbons (Fsp3) is 0.462. The van der Waals surface area contributed by atoms with Crippen LogP contribution in [0, 0.1) is 0 Å². The Morgan fingerprint density at radius 3 is 2.65 bits per heavy atom. The van der Waals surface area contributed by atoms with E-state index in [1.807, 2.05) is 6.92 Å². The number of ether oxygens (including phenoxy) is 1. The minimum absolute atomic E-state index is 0.0906. The van der Waals surface area contributed by atoms with Crippen LogP contribution < -0.4 is 4.72 Å². The second-order valence-corrected chi connectivity index (χ2v) is 6.41. The van der Waals surface area contributed by atoms with Crippen molar-refractivity contribution in [2.24, 2.45) is 0 Å². The predicted octanol–water partition coefficient (Wildman–Crippen LogP) is 2.41. The van der Waals surface area contributed by atoms with Crippen LogP contribution in [0.5, 0.6) is 0 Å². The number of nitrogens with one attached hydrogen (secondary N) is 1. The molecule has 0 spiro atoms. The van der Waals surface area contributed by atoms with E-state index in [1.165, 1.54) is 7.11 Å². The molecular formula is C13H18ClNO4S. The molecule has 0 bridgehead atoms. The average molecular weight is 320 g/mol. The van der Waals surface area contributed by atoms with Crippen LogP contribution in [0.3, 0.4) is 0 Å². The lowest BCUT2D eigenvalue weighted by Gasteiger charge is -2.12. The highest BCUT2D eigenvalue weighted by Gasteiger charge is 2.17. The van der Waals surface area contributed by atoms with Crippen molar-refractivity contribution < 1.29 is 17.9 Å². The van der Waals surface area contributed by atoms with E-state index in [4.69, 9.17) is 11.6 Å². The third-order valence-corrected chi connectivity index (χ3v) is 4.33. The molecule has 0 radical (unpaired) electrons. The number of carbonyl (C=O) groups excluding carboxylic acids is 1. The van der Waals surface area contributed by atoms with Gasteiger partial charge in [-0.25, -0.2) is 13.2 Å². The molecule has 1 N–H and O–H groups in total. The molecule has 112 valence electrons. The summed E-state index contributed by atoms with van der Waals surface area (Å²) in [5.41, 5.74) is 1.36. The van der Waals surface area contributed by atoms with Gasteiger partial charge in [0, 0.05) is 5.88 Å². The van der Waals surface area contributed by atoms with E-state index < -0.39 is 16.0 Å². The number of rotatable bonds is 7. The highest BCUT2D eigenvalue weighted by molar-refractivity contribution is 7.92. The topological polar surface area (TPSA) is 72.5 Å². The molecule has 0 saturated carbocycles. The molecule has 0 atom stereocenters. The average Bonchev–Trinajstić information content (AvgIpc) is 2.44. The van der Waals surface area contributed by atoms with Crippen molar-refractivity contribution in [3.63, 3.8) is 0 Å². The molecule has 0 aliphatic carbocycles. The number of hydrogen-bond donors (Lipinski definition) is 1. The summed E-state index contributed by atoms with van der Waals surface area (Å²) >= 11 is 5.49. The smallest absolute Gasteiger partial charge is 0.340 e. The van der Waals surface area contributed by atoms with Gasteiger partial charge in [0.05, 0.1) is 24.1 Å². The van der Waals surface area contributed by atoms with Gasteiger partial charge in [-0.15, -0.1) is 11.6 Å². The van der Waals surface area contributed by atoms with E-state index in [1.54, 1.807) is 18.2 Å². The van der Waals surface area contributed by atoms with Gasteiger partial charge in [-0.3, -0.25) is 4.72 Å². The first-order valence-corrected chi connectivity index (χ1v) is 8.40. The Hall–Kier alpha value is -1.27. The van der Waals surface area contributed by atoms with Crippen LogP contribution in [0.25, 0.3) is 0 Å². The number of alkyl halides is 1. The van der Waals surface area contributed by atoms with E-state index in [9.17, 15) is 13.2 Å². The molecule has 7 heteroatoms. The molecule has 0 amide bonds. The molecule has 0 aromatic heterocycles. The lowest BCUT2D eigenvalue weighted by atomic mass is 10.1. The number of esters is 1. The molecule has 1 aromatic carbocycles. The first-order chi connectivity index (χ1) is 9.43. The lowest BCUT2D eigenvalue weighted by Crippen LogP contribution is -2.19. The standard InChI is InChI=1S/C13H18ClNO4S/c1-3-10-5-6-12(11(9-10)13(16)19-2)15-20(17,18)8-4-7-14/h5-6,9,15H,3-4,7-8H2,1-2H3. The summed E-state index contributed by atoms with van der Waals surface area (Å²) in [6, 6.07) is 4.97. The van der Waals surface area contributed by atoms with E-state index in [2.05, 4.69) is 9.46 Å². The summed E-state index contributed by atoms with van der Waals surface area (Å²) in [5, 5.41) is 0. The van der Waals surface area contributed by atoms with Crippen LogP contribution in [0.1, 0.15) is 29.3 Å². The van der Waals surface area contributed by atoms with Gasteiger partial charge in [-0.2, -0.15) is 0 Å². The fourth-order valence-electron chi connectivity index (χ4n) is 1.64. The zero-order valence-electron chi connectivity index (χ0n) is 11.5. The fourth-order valence-corrected chi connectivity index (χ4v) is 3.07. The second-order valence-electron chi connectivity index (χ2n) is 4.19. The summed E-state index contributed by atoms with van der Waals surface area (Å²) < 4.78 is 30.8. The predicted molar refractivity (Wildman–Crippen MR) is 79.9 cm³/mol. The van der Waals surface area contributed by atoms with Crippen LogP contribution in [0.2, 0.25) is 0 Å². The molecule has 1 aromatic rings. The Morgan fingerprint density at radius 2 is 2.10 bits per heavy atom. The SMILES string of the molecule is CCc1ccc(NS(=O)(=O)CCCCl)c(C(=O)OC)c1. The summed E-state index contributed by atoms with van der Waals surface area (Å²) in [6.07, 6.45) is 1.08. The van der Waals surface area contributed by atoms with Crippen molar-refractivity contribution in [3.05, 3.63) is 29.3 Å². The van der Waals surface area contributed by atoms with Gasteiger partial charge in [0.1, 0.15) is 0 Å². The third-order valence-electron chi connectivity index (χ3n) is 2.71. The number of hydrogen-bond acceptors (Lipinski definition) is 4. The van der Waals surface area contributed by atoms with Crippen molar-refractivity contribution >= 4 is 33.3 Å². The molecular weight excluding hydrogens is 302 g/mol.